The Labute approximate surface area is 448 Å². The molecule has 0 fully saturated rings. The molecule has 19 heteroatoms. The number of fused-ring (bicyclic) bond motifs is 18. The Morgan fingerprint density at radius 2 is 1.10 bits per heavy atom. The Balaban J connectivity index is 1.31. The summed E-state index contributed by atoms with van der Waals surface area (Å²) in [6, 6.07) is 36.8. The molecule has 0 unspecified atom stereocenters. The number of amides is 6. The van der Waals surface area contributed by atoms with Crippen LogP contribution in [0.15, 0.2) is 157 Å². The summed E-state index contributed by atoms with van der Waals surface area (Å²) >= 11 is 1.26. The molecule has 7 N–H and O–H groups in total. The predicted octanol–water partition coefficient (Wildman–Crippen LogP) is 4.64. The monoisotopic (exact) mass is 1060 g/mol. The summed E-state index contributed by atoms with van der Waals surface area (Å²) in [4.78, 5) is 126. The lowest BCUT2D eigenvalue weighted by Crippen LogP contribution is -2.60. The number of benzene rings is 5. The maximum Gasteiger partial charge on any atom is 0.326 e. The SMILES string of the molecule is CC(=O)O[C@H]1C(=O)Nc2ccc(cc2)C[C@@H](C(=O)N[C@@H](Cc2ccccc2)C(=O)O)NC(=O)[C@H](CCc2ccccc2)NC(=O)[C@@H](Cc2ccc(-c3ccccc3)cc2)NC(=O)[C@H](Cc2cccs2)NC(=O)[C@@H]1OC(C)=O. The van der Waals surface area contributed by atoms with Crippen molar-refractivity contribution in [3.8, 4) is 11.1 Å². The second kappa shape index (κ2) is 27.0. The lowest BCUT2D eigenvalue weighted by atomic mass is 9.98. The van der Waals surface area contributed by atoms with E-state index in [0.29, 0.717) is 21.6 Å². The second-order valence-corrected chi connectivity index (χ2v) is 19.4. The van der Waals surface area contributed by atoms with Crippen molar-refractivity contribution in [1.82, 2.24) is 26.6 Å². The zero-order valence-electron chi connectivity index (χ0n) is 42.1. The molecule has 7 atom stereocenters. The van der Waals surface area contributed by atoms with Crippen LogP contribution in [0.4, 0.5) is 5.69 Å². The summed E-state index contributed by atoms with van der Waals surface area (Å²) in [5.41, 5.74) is 4.36. The number of ether oxygens (including phenoxy) is 2. The van der Waals surface area contributed by atoms with Crippen molar-refractivity contribution in [2.75, 3.05) is 5.32 Å². The number of thiophene rings is 1. The molecule has 1 aromatic heterocycles. The average molecular weight is 1060 g/mol. The number of carbonyl (C=O) groups excluding carboxylic acids is 8. The number of hydrogen-bond donors (Lipinski definition) is 7. The first-order chi connectivity index (χ1) is 37.1. The molecule has 0 saturated carbocycles. The van der Waals surface area contributed by atoms with Gasteiger partial charge in [0.25, 0.3) is 11.8 Å². The van der Waals surface area contributed by atoms with Gasteiger partial charge in [0.2, 0.25) is 35.8 Å². The van der Waals surface area contributed by atoms with E-state index in [9.17, 15) is 48.3 Å². The molecular formula is C58H58N6O12S. The Bertz CT molecular complexity index is 3020. The fourth-order valence-corrected chi connectivity index (χ4v) is 9.36. The molecule has 2 aliphatic rings. The van der Waals surface area contributed by atoms with Gasteiger partial charge in [0.15, 0.2) is 0 Å². The first-order valence-electron chi connectivity index (χ1n) is 24.8. The minimum atomic E-state index is -2.14. The number of aryl methyl sites for hydroxylation is 1. The number of nitrogens with one attached hydrogen (secondary N) is 6. The van der Waals surface area contributed by atoms with Gasteiger partial charge in [-0.2, -0.15) is 0 Å². The topological polar surface area (TPSA) is 264 Å². The highest BCUT2D eigenvalue weighted by molar-refractivity contribution is 7.09. The summed E-state index contributed by atoms with van der Waals surface area (Å²) in [6.45, 7) is 1.96. The molecule has 0 aliphatic carbocycles. The van der Waals surface area contributed by atoms with Gasteiger partial charge in [-0.3, -0.25) is 38.4 Å². The summed E-state index contributed by atoms with van der Waals surface area (Å²) in [5, 5.41) is 28.1. The van der Waals surface area contributed by atoms with Crippen molar-refractivity contribution in [3.05, 3.63) is 184 Å². The van der Waals surface area contributed by atoms with Crippen molar-refractivity contribution in [3.63, 3.8) is 0 Å². The molecule has 6 aromatic rings. The molecule has 3 heterocycles. The largest absolute Gasteiger partial charge is 0.480 e. The van der Waals surface area contributed by atoms with Crippen LogP contribution in [-0.4, -0.2) is 101 Å². The third-order valence-corrected chi connectivity index (χ3v) is 13.4. The maximum absolute atomic E-state index is 15.0. The molecule has 0 radical (unpaired) electrons. The highest BCUT2D eigenvalue weighted by Gasteiger charge is 2.42. The third kappa shape index (κ3) is 16.5. The quantitative estimate of drug-likeness (QED) is 0.0548. The Morgan fingerprint density at radius 1 is 0.571 bits per heavy atom. The minimum absolute atomic E-state index is 0.000611. The van der Waals surface area contributed by atoms with Gasteiger partial charge in [-0.15, -0.1) is 11.3 Å². The third-order valence-electron chi connectivity index (χ3n) is 12.5. The summed E-state index contributed by atoms with van der Waals surface area (Å²) in [7, 11) is 0. The second-order valence-electron chi connectivity index (χ2n) is 18.4. The van der Waals surface area contributed by atoms with Gasteiger partial charge in [0, 0.05) is 50.1 Å². The van der Waals surface area contributed by atoms with Gasteiger partial charge in [0.05, 0.1) is 0 Å². The van der Waals surface area contributed by atoms with Crippen LogP contribution in [0.1, 0.15) is 47.4 Å². The van der Waals surface area contributed by atoms with E-state index in [0.717, 1.165) is 30.5 Å². The molecule has 0 spiro atoms. The van der Waals surface area contributed by atoms with Crippen molar-refractivity contribution in [2.45, 2.75) is 94.8 Å². The van der Waals surface area contributed by atoms with E-state index in [-0.39, 0.29) is 44.2 Å². The fourth-order valence-electron chi connectivity index (χ4n) is 8.61. The van der Waals surface area contributed by atoms with Gasteiger partial charge in [-0.05, 0) is 69.8 Å². The molecule has 2 aliphatic heterocycles. The van der Waals surface area contributed by atoms with E-state index in [4.69, 9.17) is 9.47 Å². The molecule has 77 heavy (non-hydrogen) atoms. The Kier molecular flexibility index (Phi) is 19.6. The predicted molar refractivity (Wildman–Crippen MR) is 286 cm³/mol. The van der Waals surface area contributed by atoms with Crippen molar-refractivity contribution >= 4 is 70.4 Å². The summed E-state index contributed by atoms with van der Waals surface area (Å²) < 4.78 is 10.7. The van der Waals surface area contributed by atoms with Crippen LogP contribution in [0.25, 0.3) is 11.1 Å². The maximum atomic E-state index is 15.0. The van der Waals surface area contributed by atoms with Crippen LogP contribution in [0, 0.1) is 0 Å². The number of rotatable bonds is 15. The first-order valence-corrected chi connectivity index (χ1v) is 25.7. The number of aliphatic carboxylic acids is 1. The lowest BCUT2D eigenvalue weighted by molar-refractivity contribution is -0.173. The Hall–Kier alpha value is -8.97. The van der Waals surface area contributed by atoms with Crippen molar-refractivity contribution < 1.29 is 57.7 Å². The van der Waals surface area contributed by atoms with Crippen LogP contribution in [0.3, 0.4) is 0 Å². The lowest BCUT2D eigenvalue weighted by Gasteiger charge is -2.28. The summed E-state index contributed by atoms with van der Waals surface area (Å²) in [5.74, 6) is -9.03. The van der Waals surface area contributed by atoms with Crippen LogP contribution in [0.2, 0.25) is 0 Å². The molecule has 398 valence electrons. The molecule has 6 amide bonds. The van der Waals surface area contributed by atoms with Gasteiger partial charge < -0.3 is 46.5 Å². The first kappa shape index (κ1) is 55.8. The average Bonchev–Trinajstić information content (AvgIpc) is 3.94. The highest BCUT2D eigenvalue weighted by atomic mass is 32.1. The molecule has 8 rings (SSSR count). The van der Waals surface area contributed by atoms with Crippen molar-refractivity contribution in [2.24, 2.45) is 0 Å². The standard InChI is InChI=1S/C58H58N6O12S/c1-35(65)75-50-51(76-36(2)66)57(72)63-48(34-44-19-12-30-77-44)55(70)62-46(31-39-20-25-42(26-21-39)41-17-10-5-11-18-41)53(68)60-45(29-24-37-13-6-3-7-14-37)52(67)61-47(32-40-22-27-43(28-23-40)59-56(50)71)54(69)64-49(58(73)74)33-38-15-8-4-9-16-38/h3-23,25-28,30,45-51H,24,29,31-34H2,1-2H3,(H,59,71)(H,60,68)(H,61,67)(H,62,70)(H,63,72)(H,64,69)(H,73,74)/t45-,46+,47-,48-,49-,50+,51+/m0/s1. The number of hydrogen-bond acceptors (Lipinski definition) is 12. The smallest absolute Gasteiger partial charge is 0.326 e. The van der Waals surface area contributed by atoms with Crippen LogP contribution >= 0.6 is 11.3 Å². The van der Waals surface area contributed by atoms with Gasteiger partial charge in [-0.1, -0.05) is 133 Å². The normalized spacial score (nSPS) is 19.8. The molecular weight excluding hydrogens is 1000 g/mol. The molecule has 0 saturated heterocycles. The highest BCUT2D eigenvalue weighted by Crippen LogP contribution is 2.22. The Morgan fingerprint density at radius 3 is 1.69 bits per heavy atom. The molecule has 5 aromatic carbocycles. The van der Waals surface area contributed by atoms with E-state index in [1.807, 2.05) is 72.8 Å². The molecule has 2 bridgehead atoms. The number of esters is 2. The number of carboxylic acid groups (broad SMARTS) is 1. The van der Waals surface area contributed by atoms with E-state index in [1.165, 1.54) is 35.6 Å². The number of carbonyl (C=O) groups is 9. The van der Waals surface area contributed by atoms with E-state index in [2.05, 4.69) is 31.9 Å². The van der Waals surface area contributed by atoms with Gasteiger partial charge in [0.1, 0.15) is 30.2 Å². The molecule has 18 nitrogen and oxygen atoms in total. The zero-order chi connectivity index (χ0) is 54.8. The fraction of sp³-hybridized carbons (Fsp3) is 0.259. The van der Waals surface area contributed by atoms with Crippen LogP contribution < -0.4 is 31.9 Å². The van der Waals surface area contributed by atoms with E-state index >= 15 is 0 Å². The van der Waals surface area contributed by atoms with Crippen LogP contribution in [0.5, 0.6) is 0 Å². The number of carboxylic acids is 1. The summed E-state index contributed by atoms with van der Waals surface area (Å²) in [6.07, 6.45) is -4.56. The zero-order valence-corrected chi connectivity index (χ0v) is 43.0. The minimum Gasteiger partial charge on any atom is -0.480 e. The van der Waals surface area contributed by atoms with E-state index in [1.54, 1.807) is 60.0 Å². The number of anilines is 1. The van der Waals surface area contributed by atoms with Gasteiger partial charge >= 0.3 is 17.9 Å². The van der Waals surface area contributed by atoms with Crippen LogP contribution in [-0.2, 0) is 84.7 Å². The van der Waals surface area contributed by atoms with Crippen molar-refractivity contribution in [1.29, 1.82) is 0 Å². The van der Waals surface area contributed by atoms with Gasteiger partial charge in [-0.25, -0.2) is 4.79 Å². The van der Waals surface area contributed by atoms with E-state index < -0.39 is 95.8 Å².